The van der Waals surface area contributed by atoms with Crippen molar-refractivity contribution in [1.29, 1.82) is 0 Å². The highest BCUT2D eigenvalue weighted by molar-refractivity contribution is 5.78. The molecule has 0 bridgehead atoms. The number of hydrogen-bond donors (Lipinski definition) is 0. The van der Waals surface area contributed by atoms with E-state index in [0.29, 0.717) is 12.5 Å². The lowest BCUT2D eigenvalue weighted by Gasteiger charge is -2.09. The fourth-order valence-corrected chi connectivity index (χ4v) is 2.29. The third-order valence-electron chi connectivity index (χ3n) is 3.59. The smallest absolute Gasteiger partial charge is 0.130 e. The largest absolute Gasteiger partial charge is 0.487 e. The third-order valence-corrected chi connectivity index (χ3v) is 3.59. The van der Waals surface area contributed by atoms with Crippen LogP contribution < -0.4 is 4.74 Å². The van der Waals surface area contributed by atoms with Gasteiger partial charge in [0.15, 0.2) is 0 Å². The Kier molecular flexibility index (Phi) is 3.87. The van der Waals surface area contributed by atoms with Crippen LogP contribution in [0.15, 0.2) is 60.7 Å². The molecule has 3 aromatic rings. The van der Waals surface area contributed by atoms with Crippen LogP contribution in [0.2, 0.25) is 0 Å². The van der Waals surface area contributed by atoms with Gasteiger partial charge >= 0.3 is 0 Å². The molecular formula is C19H19NO. The lowest BCUT2D eigenvalue weighted by Crippen LogP contribution is -1.98. The number of nitrogens with zero attached hydrogens (tertiary/aromatic N) is 1. The fraction of sp³-hybridized carbons (Fsp3) is 0.211. The summed E-state index contributed by atoms with van der Waals surface area (Å²) in [4.78, 5) is 4.61. The molecule has 0 atom stereocenters. The Bertz CT molecular complexity index is 732. The molecule has 0 aliphatic heterocycles. The predicted octanol–water partition coefficient (Wildman–Crippen LogP) is 4.94. The van der Waals surface area contributed by atoms with Crippen LogP contribution in [-0.4, -0.2) is 4.98 Å². The van der Waals surface area contributed by atoms with Gasteiger partial charge in [-0.05, 0) is 35.7 Å². The monoisotopic (exact) mass is 277 g/mol. The summed E-state index contributed by atoms with van der Waals surface area (Å²) >= 11 is 0. The van der Waals surface area contributed by atoms with Crippen LogP contribution in [0.1, 0.15) is 31.0 Å². The molecule has 106 valence electrons. The van der Waals surface area contributed by atoms with Crippen molar-refractivity contribution in [1.82, 2.24) is 4.98 Å². The van der Waals surface area contributed by atoms with Gasteiger partial charge in [-0.1, -0.05) is 50.2 Å². The van der Waals surface area contributed by atoms with Gasteiger partial charge in [-0.25, -0.2) is 4.98 Å². The zero-order chi connectivity index (χ0) is 14.7. The number of benzene rings is 2. The van der Waals surface area contributed by atoms with Crippen LogP contribution >= 0.6 is 0 Å². The standard InChI is InChI=1S/C19H19NO/c1-14(2)15-8-11-18(12-9-15)21-13-17-10-7-16-5-3-4-6-19(16)20-17/h3-12,14H,13H2,1-2H3. The Morgan fingerprint density at radius 2 is 1.67 bits per heavy atom. The molecule has 0 amide bonds. The topological polar surface area (TPSA) is 22.1 Å². The highest BCUT2D eigenvalue weighted by Crippen LogP contribution is 2.19. The Morgan fingerprint density at radius 3 is 2.43 bits per heavy atom. The molecule has 0 radical (unpaired) electrons. The van der Waals surface area contributed by atoms with Gasteiger partial charge in [-0.15, -0.1) is 0 Å². The number of aromatic nitrogens is 1. The van der Waals surface area contributed by atoms with Gasteiger partial charge in [0.2, 0.25) is 0 Å². The van der Waals surface area contributed by atoms with E-state index in [9.17, 15) is 0 Å². The molecule has 0 aliphatic rings. The van der Waals surface area contributed by atoms with Crippen LogP contribution in [0, 0.1) is 0 Å². The Labute approximate surface area is 125 Å². The molecule has 0 unspecified atom stereocenters. The van der Waals surface area contributed by atoms with E-state index in [4.69, 9.17) is 4.74 Å². The van der Waals surface area contributed by atoms with E-state index in [1.165, 1.54) is 5.56 Å². The average molecular weight is 277 g/mol. The third kappa shape index (κ3) is 3.22. The van der Waals surface area contributed by atoms with Crippen LogP contribution in [0.5, 0.6) is 5.75 Å². The molecule has 2 nitrogen and oxygen atoms in total. The van der Waals surface area contributed by atoms with Gasteiger partial charge in [0.25, 0.3) is 0 Å². The second-order valence-electron chi connectivity index (χ2n) is 5.51. The highest BCUT2D eigenvalue weighted by Gasteiger charge is 2.02. The van der Waals surface area contributed by atoms with E-state index in [-0.39, 0.29) is 0 Å². The molecule has 0 saturated carbocycles. The van der Waals surface area contributed by atoms with Gasteiger partial charge in [0.1, 0.15) is 12.4 Å². The summed E-state index contributed by atoms with van der Waals surface area (Å²) in [5.41, 5.74) is 3.28. The van der Waals surface area contributed by atoms with Crippen LogP contribution in [-0.2, 0) is 6.61 Å². The number of pyridine rings is 1. The molecule has 0 fully saturated rings. The van der Waals surface area contributed by atoms with Crippen LogP contribution in [0.4, 0.5) is 0 Å². The molecule has 1 heterocycles. The Morgan fingerprint density at radius 1 is 0.905 bits per heavy atom. The number of para-hydroxylation sites is 1. The van der Waals surface area contributed by atoms with Gasteiger partial charge < -0.3 is 4.74 Å². The molecule has 21 heavy (non-hydrogen) atoms. The predicted molar refractivity (Wildman–Crippen MR) is 86.6 cm³/mol. The van der Waals surface area contributed by atoms with Crippen LogP contribution in [0.25, 0.3) is 10.9 Å². The van der Waals surface area contributed by atoms with Crippen LogP contribution in [0.3, 0.4) is 0 Å². The van der Waals surface area contributed by atoms with Crippen molar-refractivity contribution in [3.05, 3.63) is 71.9 Å². The van der Waals surface area contributed by atoms with Gasteiger partial charge in [-0.2, -0.15) is 0 Å². The quantitative estimate of drug-likeness (QED) is 0.674. The first-order valence-corrected chi connectivity index (χ1v) is 7.30. The van der Waals surface area contributed by atoms with E-state index in [2.05, 4.69) is 43.1 Å². The first-order chi connectivity index (χ1) is 10.2. The van der Waals surface area contributed by atoms with Crippen molar-refractivity contribution in [2.45, 2.75) is 26.4 Å². The van der Waals surface area contributed by atoms with E-state index >= 15 is 0 Å². The normalized spacial score (nSPS) is 11.0. The summed E-state index contributed by atoms with van der Waals surface area (Å²) in [6, 6.07) is 20.5. The maximum Gasteiger partial charge on any atom is 0.130 e. The number of hydrogen-bond acceptors (Lipinski definition) is 2. The van der Waals surface area contributed by atoms with Crippen molar-refractivity contribution in [2.75, 3.05) is 0 Å². The van der Waals surface area contributed by atoms with E-state index in [1.807, 2.05) is 36.4 Å². The summed E-state index contributed by atoms with van der Waals surface area (Å²) in [5, 5.41) is 1.16. The molecule has 0 saturated heterocycles. The summed E-state index contributed by atoms with van der Waals surface area (Å²) in [5.74, 6) is 1.43. The summed E-state index contributed by atoms with van der Waals surface area (Å²) in [6.45, 7) is 4.87. The van der Waals surface area contributed by atoms with Crippen molar-refractivity contribution >= 4 is 10.9 Å². The molecule has 1 aromatic heterocycles. The number of fused-ring (bicyclic) bond motifs is 1. The molecular weight excluding hydrogens is 258 g/mol. The second kappa shape index (κ2) is 5.96. The fourth-order valence-electron chi connectivity index (χ4n) is 2.29. The lowest BCUT2D eigenvalue weighted by molar-refractivity contribution is 0.301. The Hall–Kier alpha value is -2.35. The highest BCUT2D eigenvalue weighted by atomic mass is 16.5. The molecule has 2 heteroatoms. The summed E-state index contributed by atoms with van der Waals surface area (Å²) < 4.78 is 5.81. The molecule has 0 spiro atoms. The number of ether oxygens (including phenoxy) is 1. The summed E-state index contributed by atoms with van der Waals surface area (Å²) in [7, 11) is 0. The lowest BCUT2D eigenvalue weighted by atomic mass is 10.0. The number of rotatable bonds is 4. The molecule has 3 rings (SSSR count). The first kappa shape index (κ1) is 13.6. The molecule has 0 aliphatic carbocycles. The minimum atomic E-state index is 0.492. The minimum Gasteiger partial charge on any atom is -0.487 e. The summed E-state index contributed by atoms with van der Waals surface area (Å²) in [6.07, 6.45) is 0. The SMILES string of the molecule is CC(C)c1ccc(OCc2ccc3ccccc3n2)cc1. The van der Waals surface area contributed by atoms with Gasteiger partial charge in [-0.3, -0.25) is 0 Å². The van der Waals surface area contributed by atoms with Gasteiger partial charge in [0.05, 0.1) is 11.2 Å². The van der Waals surface area contributed by atoms with E-state index in [0.717, 1.165) is 22.3 Å². The van der Waals surface area contributed by atoms with Crippen molar-refractivity contribution in [3.63, 3.8) is 0 Å². The first-order valence-electron chi connectivity index (χ1n) is 7.30. The molecule has 2 aromatic carbocycles. The average Bonchev–Trinajstić information content (AvgIpc) is 2.53. The second-order valence-corrected chi connectivity index (χ2v) is 5.51. The van der Waals surface area contributed by atoms with Crippen molar-refractivity contribution in [2.24, 2.45) is 0 Å². The van der Waals surface area contributed by atoms with Crippen molar-refractivity contribution in [3.8, 4) is 5.75 Å². The maximum atomic E-state index is 5.81. The molecule has 0 N–H and O–H groups in total. The van der Waals surface area contributed by atoms with E-state index < -0.39 is 0 Å². The minimum absolute atomic E-state index is 0.492. The van der Waals surface area contributed by atoms with Crippen molar-refractivity contribution < 1.29 is 4.74 Å². The Balaban J connectivity index is 1.71. The zero-order valence-electron chi connectivity index (χ0n) is 12.4. The van der Waals surface area contributed by atoms with E-state index in [1.54, 1.807) is 0 Å². The zero-order valence-corrected chi connectivity index (χ0v) is 12.4. The maximum absolute atomic E-state index is 5.81. The van der Waals surface area contributed by atoms with Gasteiger partial charge in [0, 0.05) is 5.39 Å².